The number of benzene rings is 2. The number of urea groups is 1. The van der Waals surface area contributed by atoms with Crippen LogP contribution in [0.1, 0.15) is 11.6 Å². The number of nitrogens with zero attached hydrogens (tertiary/aromatic N) is 2. The molecular formula is C23H24ClFN4O3. The number of rotatable bonds is 5. The van der Waals surface area contributed by atoms with E-state index in [1.165, 1.54) is 13.2 Å². The Morgan fingerprint density at radius 1 is 1.12 bits per heavy atom. The molecule has 2 heterocycles. The van der Waals surface area contributed by atoms with Gasteiger partial charge in [0.2, 0.25) is 0 Å². The smallest absolute Gasteiger partial charge is 0.338 e. The molecule has 0 saturated carbocycles. The van der Waals surface area contributed by atoms with Gasteiger partial charge in [-0.2, -0.15) is 0 Å². The van der Waals surface area contributed by atoms with E-state index in [1.807, 2.05) is 11.0 Å². The Balaban J connectivity index is 1.56. The van der Waals surface area contributed by atoms with Crippen LogP contribution in [0, 0.1) is 5.82 Å². The van der Waals surface area contributed by atoms with Gasteiger partial charge in [-0.3, -0.25) is 4.90 Å². The average molecular weight is 459 g/mol. The van der Waals surface area contributed by atoms with E-state index in [1.54, 1.807) is 36.4 Å². The molecule has 1 atom stereocenters. The Bertz CT molecular complexity index is 1050. The molecule has 7 nitrogen and oxygen atoms in total. The highest BCUT2D eigenvalue weighted by Gasteiger charge is 2.35. The van der Waals surface area contributed by atoms with Crippen molar-refractivity contribution in [3.8, 4) is 0 Å². The summed E-state index contributed by atoms with van der Waals surface area (Å²) in [5, 5.41) is 5.99. The predicted molar refractivity (Wildman–Crippen MR) is 120 cm³/mol. The highest BCUT2D eigenvalue weighted by molar-refractivity contribution is 6.31. The normalized spacial score (nSPS) is 19.4. The van der Waals surface area contributed by atoms with Crippen molar-refractivity contribution in [3.63, 3.8) is 0 Å². The molecule has 4 rings (SSSR count). The third-order valence-electron chi connectivity index (χ3n) is 5.72. The second kappa shape index (κ2) is 9.58. The number of piperazine rings is 1. The lowest BCUT2D eigenvalue weighted by atomic mass is 9.95. The fourth-order valence-corrected chi connectivity index (χ4v) is 4.36. The maximum Gasteiger partial charge on any atom is 0.338 e. The van der Waals surface area contributed by atoms with Gasteiger partial charge in [0, 0.05) is 43.4 Å². The Kier molecular flexibility index (Phi) is 6.62. The largest absolute Gasteiger partial charge is 0.466 e. The van der Waals surface area contributed by atoms with Gasteiger partial charge in [0.25, 0.3) is 0 Å². The Labute approximate surface area is 190 Å². The van der Waals surface area contributed by atoms with Crippen molar-refractivity contribution in [1.29, 1.82) is 0 Å². The zero-order valence-electron chi connectivity index (χ0n) is 17.6. The monoisotopic (exact) mass is 458 g/mol. The summed E-state index contributed by atoms with van der Waals surface area (Å²) >= 11 is 6.35. The number of methoxy groups -OCH3 is 1. The first-order chi connectivity index (χ1) is 15.5. The molecule has 1 unspecified atom stereocenters. The van der Waals surface area contributed by atoms with Crippen LogP contribution in [0.25, 0.3) is 0 Å². The number of carbonyl (C=O) groups excluding carboxylic acids is 2. The number of amides is 2. The van der Waals surface area contributed by atoms with E-state index in [-0.39, 0.29) is 5.82 Å². The molecule has 2 N–H and O–H groups in total. The Morgan fingerprint density at radius 2 is 1.81 bits per heavy atom. The lowest BCUT2D eigenvalue weighted by Gasteiger charge is -2.38. The van der Waals surface area contributed by atoms with Crippen LogP contribution in [0.15, 0.2) is 59.8 Å². The molecule has 0 aliphatic carbocycles. The van der Waals surface area contributed by atoms with Gasteiger partial charge in [0.15, 0.2) is 0 Å². The minimum atomic E-state index is -0.723. The first-order valence-corrected chi connectivity index (χ1v) is 10.7. The molecule has 0 spiro atoms. The van der Waals surface area contributed by atoms with Crippen molar-refractivity contribution >= 4 is 29.3 Å². The van der Waals surface area contributed by atoms with Gasteiger partial charge in [-0.1, -0.05) is 41.9 Å². The molecule has 2 aliphatic heterocycles. The molecule has 0 aromatic heterocycles. The van der Waals surface area contributed by atoms with Gasteiger partial charge in [-0.15, -0.1) is 0 Å². The first-order valence-electron chi connectivity index (χ1n) is 10.3. The van der Waals surface area contributed by atoms with E-state index >= 15 is 0 Å². The van der Waals surface area contributed by atoms with Crippen LogP contribution in [0.4, 0.5) is 14.9 Å². The number of anilines is 1. The molecule has 2 aromatic carbocycles. The van der Waals surface area contributed by atoms with Crippen molar-refractivity contribution in [2.75, 3.05) is 44.7 Å². The maximum absolute atomic E-state index is 14.1. The number of carbonyl (C=O) groups is 2. The molecule has 2 amide bonds. The quantitative estimate of drug-likeness (QED) is 0.674. The number of hydrogen-bond acceptors (Lipinski definition) is 5. The third kappa shape index (κ3) is 4.56. The molecule has 0 bridgehead atoms. The van der Waals surface area contributed by atoms with E-state index in [4.69, 9.17) is 16.3 Å². The fourth-order valence-electron chi connectivity index (χ4n) is 4.11. The fraction of sp³-hybridized carbons (Fsp3) is 0.304. The van der Waals surface area contributed by atoms with Crippen LogP contribution in [0.2, 0.25) is 5.02 Å². The van der Waals surface area contributed by atoms with Gasteiger partial charge < -0.3 is 20.3 Å². The molecule has 2 aromatic rings. The molecular weight excluding hydrogens is 435 g/mol. The third-order valence-corrected chi connectivity index (χ3v) is 6.07. The molecule has 2 aliphatic rings. The minimum Gasteiger partial charge on any atom is -0.466 e. The summed E-state index contributed by atoms with van der Waals surface area (Å²) in [6.45, 7) is 2.90. The van der Waals surface area contributed by atoms with E-state index in [0.717, 1.165) is 0 Å². The molecule has 1 fully saturated rings. The summed E-state index contributed by atoms with van der Waals surface area (Å²) in [6, 6.07) is 12.6. The van der Waals surface area contributed by atoms with Crippen LogP contribution in [-0.4, -0.2) is 56.7 Å². The van der Waals surface area contributed by atoms with E-state index in [9.17, 15) is 14.0 Å². The van der Waals surface area contributed by atoms with Crippen LogP contribution in [-0.2, 0) is 9.53 Å². The highest BCUT2D eigenvalue weighted by Crippen LogP contribution is 2.32. The maximum atomic E-state index is 14.1. The number of ether oxygens (including phenoxy) is 1. The number of halogens is 2. The topological polar surface area (TPSA) is 73.9 Å². The lowest BCUT2D eigenvalue weighted by Crippen LogP contribution is -2.52. The zero-order chi connectivity index (χ0) is 22.7. The summed E-state index contributed by atoms with van der Waals surface area (Å²) in [5.41, 5.74) is 1.99. The van der Waals surface area contributed by atoms with Crippen molar-refractivity contribution in [2.24, 2.45) is 0 Å². The van der Waals surface area contributed by atoms with Crippen molar-refractivity contribution in [3.05, 3.63) is 76.2 Å². The van der Waals surface area contributed by atoms with E-state index in [0.29, 0.717) is 60.3 Å². The second-order valence-corrected chi connectivity index (χ2v) is 8.06. The zero-order valence-corrected chi connectivity index (χ0v) is 18.4. The summed E-state index contributed by atoms with van der Waals surface area (Å²) in [5.74, 6) is -0.785. The van der Waals surface area contributed by atoms with E-state index in [2.05, 4.69) is 15.5 Å². The van der Waals surface area contributed by atoms with Gasteiger partial charge in [-0.25, -0.2) is 14.0 Å². The SMILES string of the molecule is COC(=O)C1=C(CN2CCN(c3ccccc3F)CC2)NC(=O)NC1c1ccccc1Cl. The molecule has 168 valence electrons. The lowest BCUT2D eigenvalue weighted by molar-refractivity contribution is -0.136. The Morgan fingerprint density at radius 3 is 2.50 bits per heavy atom. The molecule has 1 saturated heterocycles. The predicted octanol–water partition coefficient (Wildman–Crippen LogP) is 3.08. The van der Waals surface area contributed by atoms with Crippen LogP contribution in [0.3, 0.4) is 0 Å². The first kappa shape index (κ1) is 22.1. The summed E-state index contributed by atoms with van der Waals surface area (Å²) in [4.78, 5) is 29.2. The van der Waals surface area contributed by atoms with Crippen LogP contribution in [0.5, 0.6) is 0 Å². The van der Waals surface area contributed by atoms with Gasteiger partial charge in [-0.05, 0) is 23.8 Å². The van der Waals surface area contributed by atoms with Crippen LogP contribution >= 0.6 is 11.6 Å². The standard InChI is InChI=1S/C23H24ClFN4O3/c1-32-22(30)20-18(26-23(31)27-21(20)15-6-2-3-7-16(15)24)14-28-10-12-29(13-11-28)19-9-5-4-8-17(19)25/h2-9,21H,10-14H2,1H3,(H2,26,27,31). The van der Waals surface area contributed by atoms with Crippen molar-refractivity contribution in [1.82, 2.24) is 15.5 Å². The summed E-state index contributed by atoms with van der Waals surface area (Å²) in [6.07, 6.45) is 0. The van der Waals surface area contributed by atoms with Crippen molar-refractivity contribution < 1.29 is 18.7 Å². The molecule has 32 heavy (non-hydrogen) atoms. The van der Waals surface area contributed by atoms with E-state index < -0.39 is 18.0 Å². The van der Waals surface area contributed by atoms with Gasteiger partial charge >= 0.3 is 12.0 Å². The van der Waals surface area contributed by atoms with Gasteiger partial charge in [0.1, 0.15) is 5.82 Å². The summed E-state index contributed by atoms with van der Waals surface area (Å²) in [7, 11) is 1.31. The molecule has 0 radical (unpaired) electrons. The second-order valence-electron chi connectivity index (χ2n) is 7.65. The number of nitrogens with one attached hydrogen (secondary N) is 2. The summed E-state index contributed by atoms with van der Waals surface area (Å²) < 4.78 is 19.1. The minimum absolute atomic E-state index is 0.246. The van der Waals surface area contributed by atoms with Gasteiger partial charge in [0.05, 0.1) is 24.4 Å². The highest BCUT2D eigenvalue weighted by atomic mass is 35.5. The van der Waals surface area contributed by atoms with Crippen molar-refractivity contribution in [2.45, 2.75) is 6.04 Å². The average Bonchev–Trinajstić information content (AvgIpc) is 2.79. The molecule has 9 heteroatoms. The Hall–Kier alpha value is -3.10. The number of hydrogen-bond donors (Lipinski definition) is 2. The number of esters is 1. The number of para-hydroxylation sites is 1. The van der Waals surface area contributed by atoms with Crippen LogP contribution < -0.4 is 15.5 Å².